The van der Waals surface area contributed by atoms with Gasteiger partial charge in [0.2, 0.25) is 5.90 Å². The molecule has 0 radical (unpaired) electrons. The minimum absolute atomic E-state index is 0.401. The van der Waals surface area contributed by atoms with Gasteiger partial charge in [0, 0.05) is 5.56 Å². The zero-order valence-corrected chi connectivity index (χ0v) is 8.44. The minimum atomic E-state index is -0.497. The molecule has 1 heterocycles. The second kappa shape index (κ2) is 4.29. The van der Waals surface area contributed by atoms with Crippen LogP contribution in [-0.4, -0.2) is 32.3 Å². The van der Waals surface area contributed by atoms with E-state index in [1.165, 1.54) is 0 Å². The molecule has 0 spiro atoms. The topological polar surface area (TPSA) is 30.8 Å². The number of alkyl halides is 1. The van der Waals surface area contributed by atoms with E-state index in [1.54, 1.807) is 7.11 Å². The van der Waals surface area contributed by atoms with Crippen LogP contribution in [0.5, 0.6) is 5.75 Å². The largest absolute Gasteiger partial charge is 0.497 e. The fourth-order valence-electron chi connectivity index (χ4n) is 1.39. The smallest absolute Gasteiger partial charge is 0.216 e. The molecule has 1 aliphatic rings. The monoisotopic (exact) mass is 209 g/mol. The quantitative estimate of drug-likeness (QED) is 0.760. The van der Waals surface area contributed by atoms with Crippen molar-refractivity contribution in [1.82, 2.24) is 0 Å². The third-order valence-corrected chi connectivity index (χ3v) is 2.23. The van der Waals surface area contributed by atoms with Crippen LogP contribution in [0.25, 0.3) is 0 Å². The van der Waals surface area contributed by atoms with Crippen molar-refractivity contribution in [3.63, 3.8) is 0 Å². The molecule has 0 fully saturated rings. The number of ether oxygens (including phenoxy) is 2. The molecule has 1 aliphatic heterocycles. The Balaban J connectivity index is 2.10. The summed E-state index contributed by atoms with van der Waals surface area (Å²) < 4.78 is 22.6. The molecule has 15 heavy (non-hydrogen) atoms. The first-order chi connectivity index (χ1) is 7.33. The minimum Gasteiger partial charge on any atom is -0.497 e. The molecule has 2 rings (SSSR count). The average molecular weight is 209 g/mol. The van der Waals surface area contributed by atoms with E-state index < -0.39 is 12.8 Å². The molecule has 0 N–H and O–H groups in total. The molecule has 0 aliphatic carbocycles. The Morgan fingerprint density at radius 3 is 2.73 bits per heavy atom. The van der Waals surface area contributed by atoms with Gasteiger partial charge in [-0.3, -0.25) is 0 Å². The lowest BCUT2D eigenvalue weighted by Gasteiger charge is -2.07. The first kappa shape index (κ1) is 9.96. The Bertz CT molecular complexity index is 361. The molecule has 0 bridgehead atoms. The van der Waals surface area contributed by atoms with Gasteiger partial charge in [-0.1, -0.05) is 0 Å². The van der Waals surface area contributed by atoms with Crippen LogP contribution in [0.1, 0.15) is 5.56 Å². The highest BCUT2D eigenvalue weighted by atomic mass is 19.1. The summed E-state index contributed by atoms with van der Waals surface area (Å²) in [5.74, 6) is 1.29. The molecule has 1 aromatic rings. The van der Waals surface area contributed by atoms with E-state index in [9.17, 15) is 4.39 Å². The maximum Gasteiger partial charge on any atom is 0.216 e. The maximum atomic E-state index is 12.3. The highest BCUT2D eigenvalue weighted by Crippen LogP contribution is 2.16. The van der Waals surface area contributed by atoms with Crippen molar-refractivity contribution in [2.24, 2.45) is 4.99 Å². The van der Waals surface area contributed by atoms with E-state index in [-0.39, 0.29) is 0 Å². The van der Waals surface area contributed by atoms with E-state index in [0.29, 0.717) is 12.4 Å². The van der Waals surface area contributed by atoms with Gasteiger partial charge in [-0.25, -0.2) is 9.38 Å². The lowest BCUT2D eigenvalue weighted by Crippen LogP contribution is -2.15. The van der Waals surface area contributed by atoms with Gasteiger partial charge in [0.15, 0.2) is 0 Å². The zero-order valence-electron chi connectivity index (χ0n) is 8.44. The van der Waals surface area contributed by atoms with Crippen molar-refractivity contribution < 1.29 is 13.9 Å². The number of halogens is 1. The third kappa shape index (κ3) is 2.09. The number of aliphatic imine (C=N–C) groups is 1. The van der Waals surface area contributed by atoms with Gasteiger partial charge >= 0.3 is 0 Å². The van der Waals surface area contributed by atoms with Gasteiger partial charge in [0.05, 0.1) is 13.7 Å². The summed E-state index contributed by atoms with van der Waals surface area (Å²) in [4.78, 5) is 4.13. The van der Waals surface area contributed by atoms with Crippen LogP contribution in [0.4, 0.5) is 4.39 Å². The lowest BCUT2D eigenvalue weighted by atomic mass is 10.2. The molecule has 80 valence electrons. The molecule has 0 saturated heterocycles. The van der Waals surface area contributed by atoms with Gasteiger partial charge in [0.1, 0.15) is 18.5 Å². The number of benzene rings is 1. The fourth-order valence-corrected chi connectivity index (χ4v) is 1.39. The third-order valence-electron chi connectivity index (χ3n) is 2.23. The summed E-state index contributed by atoms with van der Waals surface area (Å²) in [5.41, 5.74) is 0.853. The van der Waals surface area contributed by atoms with Gasteiger partial charge in [-0.05, 0) is 24.3 Å². The van der Waals surface area contributed by atoms with Gasteiger partial charge in [-0.2, -0.15) is 0 Å². The number of nitrogens with zero attached hydrogens (tertiary/aromatic N) is 1. The summed E-state index contributed by atoms with van der Waals surface area (Å²) in [6.45, 7) is -0.0962. The molecule has 0 amide bonds. The van der Waals surface area contributed by atoms with Crippen molar-refractivity contribution >= 4 is 5.90 Å². The fraction of sp³-hybridized carbons (Fsp3) is 0.364. The normalized spacial score (nSPS) is 19.6. The second-order valence-electron chi connectivity index (χ2n) is 3.27. The van der Waals surface area contributed by atoms with Crippen LogP contribution < -0.4 is 4.74 Å². The molecule has 4 heteroatoms. The highest BCUT2D eigenvalue weighted by molar-refractivity contribution is 5.95. The Morgan fingerprint density at radius 1 is 1.47 bits per heavy atom. The maximum absolute atomic E-state index is 12.3. The molecule has 0 aromatic heterocycles. The number of methoxy groups -OCH3 is 1. The lowest BCUT2D eigenvalue weighted by molar-refractivity contribution is 0.183. The van der Waals surface area contributed by atoms with Gasteiger partial charge in [0.25, 0.3) is 0 Å². The second-order valence-corrected chi connectivity index (χ2v) is 3.27. The Labute approximate surface area is 87.5 Å². The molecular formula is C11H12FNO2. The van der Waals surface area contributed by atoms with E-state index in [2.05, 4.69) is 4.99 Å². The standard InChI is InChI=1S/C11H12FNO2/c1-14-9-4-2-8(3-5-9)11-13-7-10(6-12)15-11/h2-5,10H,6-7H2,1H3. The van der Waals surface area contributed by atoms with Crippen molar-refractivity contribution in [2.45, 2.75) is 6.10 Å². The average Bonchev–Trinajstić information content (AvgIpc) is 2.78. The van der Waals surface area contributed by atoms with Crippen LogP contribution in [0.2, 0.25) is 0 Å². The summed E-state index contributed by atoms with van der Waals surface area (Å²) in [5, 5.41) is 0. The Hall–Kier alpha value is -1.58. The Kier molecular flexibility index (Phi) is 2.85. The predicted octanol–water partition coefficient (Wildman–Crippen LogP) is 1.81. The first-order valence-corrected chi connectivity index (χ1v) is 4.75. The number of hydrogen-bond acceptors (Lipinski definition) is 3. The van der Waals surface area contributed by atoms with Crippen molar-refractivity contribution in [1.29, 1.82) is 0 Å². The summed E-state index contributed by atoms with van der Waals surface area (Å²) in [6.07, 6.45) is -0.415. The van der Waals surface area contributed by atoms with Crippen molar-refractivity contribution in [3.05, 3.63) is 29.8 Å². The molecular weight excluding hydrogens is 197 g/mol. The van der Waals surface area contributed by atoms with Crippen molar-refractivity contribution in [2.75, 3.05) is 20.3 Å². The summed E-state index contributed by atoms with van der Waals surface area (Å²) >= 11 is 0. The van der Waals surface area contributed by atoms with Gasteiger partial charge in [-0.15, -0.1) is 0 Å². The van der Waals surface area contributed by atoms with Crippen LogP contribution in [0.15, 0.2) is 29.3 Å². The van der Waals surface area contributed by atoms with E-state index in [0.717, 1.165) is 11.3 Å². The number of hydrogen-bond donors (Lipinski definition) is 0. The predicted molar refractivity (Wildman–Crippen MR) is 55.2 cm³/mol. The molecule has 1 unspecified atom stereocenters. The SMILES string of the molecule is COc1ccc(C2=NCC(CF)O2)cc1. The van der Waals surface area contributed by atoms with E-state index in [1.807, 2.05) is 24.3 Å². The summed E-state index contributed by atoms with van der Waals surface area (Å²) in [6, 6.07) is 7.34. The molecule has 0 saturated carbocycles. The Morgan fingerprint density at radius 2 is 2.20 bits per heavy atom. The number of rotatable bonds is 3. The summed E-state index contributed by atoms with van der Waals surface area (Å²) in [7, 11) is 1.61. The first-order valence-electron chi connectivity index (χ1n) is 4.75. The molecule has 1 aromatic carbocycles. The van der Waals surface area contributed by atoms with Crippen LogP contribution >= 0.6 is 0 Å². The van der Waals surface area contributed by atoms with Crippen LogP contribution in [0, 0.1) is 0 Å². The van der Waals surface area contributed by atoms with E-state index >= 15 is 0 Å². The zero-order chi connectivity index (χ0) is 10.7. The van der Waals surface area contributed by atoms with Gasteiger partial charge < -0.3 is 9.47 Å². The molecule has 1 atom stereocenters. The van der Waals surface area contributed by atoms with E-state index in [4.69, 9.17) is 9.47 Å². The van der Waals surface area contributed by atoms with Crippen LogP contribution in [-0.2, 0) is 4.74 Å². The molecule has 3 nitrogen and oxygen atoms in total. The van der Waals surface area contributed by atoms with Crippen LogP contribution in [0.3, 0.4) is 0 Å². The highest BCUT2D eigenvalue weighted by Gasteiger charge is 2.20. The van der Waals surface area contributed by atoms with Crippen molar-refractivity contribution in [3.8, 4) is 5.75 Å².